The van der Waals surface area contributed by atoms with E-state index in [2.05, 4.69) is 31.1 Å². The summed E-state index contributed by atoms with van der Waals surface area (Å²) < 4.78 is 5.67. The van der Waals surface area contributed by atoms with Gasteiger partial charge in [0, 0.05) is 54.8 Å². The summed E-state index contributed by atoms with van der Waals surface area (Å²) >= 11 is 0. The molecule has 0 radical (unpaired) electrons. The van der Waals surface area contributed by atoms with Crippen molar-refractivity contribution in [3.63, 3.8) is 0 Å². The van der Waals surface area contributed by atoms with Crippen LogP contribution in [0.2, 0.25) is 0 Å². The summed E-state index contributed by atoms with van der Waals surface area (Å²) in [6.07, 6.45) is 4.49. The van der Waals surface area contributed by atoms with Gasteiger partial charge in [-0.15, -0.1) is 0 Å². The predicted molar refractivity (Wildman–Crippen MR) is 147 cm³/mol. The zero-order chi connectivity index (χ0) is 26.4. The topological polar surface area (TPSA) is 84.4 Å². The molecule has 0 bridgehead atoms. The van der Waals surface area contributed by atoms with Crippen LogP contribution in [0, 0.1) is 11.8 Å². The summed E-state index contributed by atoms with van der Waals surface area (Å²) in [6, 6.07) is 15.2. The zero-order valence-electron chi connectivity index (χ0n) is 22.2. The number of fused-ring (bicyclic) bond motifs is 3. The van der Waals surface area contributed by atoms with Crippen molar-refractivity contribution >= 4 is 29.0 Å². The van der Waals surface area contributed by atoms with Gasteiger partial charge in [0.1, 0.15) is 0 Å². The van der Waals surface area contributed by atoms with Gasteiger partial charge < -0.3 is 15.0 Å². The monoisotopic (exact) mass is 500 g/mol. The SMILES string of the molecule is CCC(CCCOCC(C)C)C(=O)c1ccc(Nc2ncc3c(n2)-c2ccccc2N(C)C(=O)C3)cc1. The lowest BCUT2D eigenvalue weighted by Gasteiger charge is -2.17. The highest BCUT2D eigenvalue weighted by Gasteiger charge is 2.25. The van der Waals surface area contributed by atoms with Crippen LogP contribution in [-0.2, 0) is 16.0 Å². The lowest BCUT2D eigenvalue weighted by atomic mass is 9.91. The molecule has 7 heteroatoms. The van der Waals surface area contributed by atoms with Gasteiger partial charge in [0.25, 0.3) is 0 Å². The number of rotatable bonds is 11. The molecule has 0 saturated carbocycles. The van der Waals surface area contributed by atoms with Crippen molar-refractivity contribution in [3.8, 4) is 11.3 Å². The number of carbonyl (C=O) groups excluding carboxylic acids is 2. The Balaban J connectivity index is 1.44. The molecule has 0 aliphatic carbocycles. The Hall–Kier alpha value is -3.58. The van der Waals surface area contributed by atoms with Gasteiger partial charge in [-0.2, -0.15) is 0 Å². The minimum absolute atomic E-state index is 0.00392. The van der Waals surface area contributed by atoms with Crippen molar-refractivity contribution in [1.29, 1.82) is 0 Å². The van der Waals surface area contributed by atoms with Crippen molar-refractivity contribution in [2.75, 3.05) is 30.5 Å². The van der Waals surface area contributed by atoms with E-state index < -0.39 is 0 Å². The van der Waals surface area contributed by atoms with Gasteiger partial charge in [0.05, 0.1) is 17.8 Å². The molecular weight excluding hydrogens is 464 g/mol. The molecule has 1 aliphatic rings. The highest BCUT2D eigenvalue weighted by atomic mass is 16.5. The first kappa shape index (κ1) is 26.5. The number of hydrogen-bond donors (Lipinski definition) is 1. The molecule has 1 unspecified atom stereocenters. The van der Waals surface area contributed by atoms with Gasteiger partial charge in [-0.25, -0.2) is 9.97 Å². The lowest BCUT2D eigenvalue weighted by molar-refractivity contribution is -0.117. The number of ketones is 1. The summed E-state index contributed by atoms with van der Waals surface area (Å²) in [7, 11) is 1.78. The van der Waals surface area contributed by atoms with Crippen LogP contribution in [-0.4, -0.2) is 41.9 Å². The van der Waals surface area contributed by atoms with Crippen LogP contribution < -0.4 is 10.2 Å². The van der Waals surface area contributed by atoms with Crippen molar-refractivity contribution < 1.29 is 14.3 Å². The second kappa shape index (κ2) is 12.1. The Labute approximate surface area is 219 Å². The zero-order valence-corrected chi connectivity index (χ0v) is 22.2. The number of benzene rings is 2. The second-order valence-corrected chi connectivity index (χ2v) is 10.00. The third-order valence-corrected chi connectivity index (χ3v) is 6.68. The van der Waals surface area contributed by atoms with E-state index in [1.54, 1.807) is 18.1 Å². The molecule has 0 spiro atoms. The molecule has 2 heterocycles. The van der Waals surface area contributed by atoms with Crippen LogP contribution in [0.3, 0.4) is 0 Å². The van der Waals surface area contributed by atoms with E-state index in [9.17, 15) is 9.59 Å². The van der Waals surface area contributed by atoms with Gasteiger partial charge in [-0.3, -0.25) is 9.59 Å². The molecule has 1 amide bonds. The summed E-state index contributed by atoms with van der Waals surface area (Å²) in [5.74, 6) is 1.13. The lowest BCUT2D eigenvalue weighted by Crippen LogP contribution is -2.26. The minimum Gasteiger partial charge on any atom is -0.381 e. The molecule has 4 rings (SSSR count). The van der Waals surface area contributed by atoms with E-state index in [-0.39, 0.29) is 24.0 Å². The molecule has 0 saturated heterocycles. The average molecular weight is 501 g/mol. The predicted octanol–water partition coefficient (Wildman–Crippen LogP) is 6.07. The van der Waals surface area contributed by atoms with Crippen LogP contribution >= 0.6 is 0 Å². The van der Waals surface area contributed by atoms with Crippen molar-refractivity contribution in [3.05, 3.63) is 65.9 Å². The Morgan fingerprint density at radius 1 is 1.14 bits per heavy atom. The second-order valence-electron chi connectivity index (χ2n) is 10.00. The number of amides is 1. The van der Waals surface area contributed by atoms with E-state index in [0.29, 0.717) is 24.0 Å². The first-order valence-corrected chi connectivity index (χ1v) is 13.1. The first-order valence-electron chi connectivity index (χ1n) is 13.1. The van der Waals surface area contributed by atoms with E-state index >= 15 is 0 Å². The van der Waals surface area contributed by atoms with E-state index in [4.69, 9.17) is 9.72 Å². The van der Waals surface area contributed by atoms with Crippen LogP contribution in [0.15, 0.2) is 54.7 Å². The van der Waals surface area contributed by atoms with E-state index in [1.165, 1.54) is 0 Å². The summed E-state index contributed by atoms with van der Waals surface area (Å²) in [5.41, 5.74) is 4.78. The fraction of sp³-hybridized carbons (Fsp3) is 0.400. The van der Waals surface area contributed by atoms with Crippen molar-refractivity contribution in [2.45, 2.75) is 46.5 Å². The van der Waals surface area contributed by atoms with E-state index in [1.807, 2.05) is 48.5 Å². The third-order valence-electron chi connectivity index (χ3n) is 6.68. The maximum Gasteiger partial charge on any atom is 0.231 e. The van der Waals surface area contributed by atoms with Crippen LogP contribution in [0.4, 0.5) is 17.3 Å². The highest BCUT2D eigenvalue weighted by Crippen LogP contribution is 2.35. The van der Waals surface area contributed by atoms with Crippen LogP contribution in [0.1, 0.15) is 56.0 Å². The normalized spacial score (nSPS) is 13.6. The highest BCUT2D eigenvalue weighted by molar-refractivity contribution is 6.01. The number of aromatic nitrogens is 2. The fourth-order valence-corrected chi connectivity index (χ4v) is 4.57. The molecule has 194 valence electrons. The van der Waals surface area contributed by atoms with Gasteiger partial charge in [-0.05, 0) is 55.5 Å². The Morgan fingerprint density at radius 2 is 1.89 bits per heavy atom. The van der Waals surface area contributed by atoms with E-state index in [0.717, 1.165) is 54.1 Å². The number of hydrogen-bond acceptors (Lipinski definition) is 6. The average Bonchev–Trinajstić information content (AvgIpc) is 3.00. The fourth-order valence-electron chi connectivity index (χ4n) is 4.57. The smallest absolute Gasteiger partial charge is 0.231 e. The molecule has 1 aromatic heterocycles. The summed E-state index contributed by atoms with van der Waals surface area (Å²) in [4.78, 5) is 36.5. The number of para-hydroxylation sites is 1. The largest absolute Gasteiger partial charge is 0.381 e. The van der Waals surface area contributed by atoms with Gasteiger partial charge in [0.2, 0.25) is 11.9 Å². The van der Waals surface area contributed by atoms with Crippen molar-refractivity contribution in [2.24, 2.45) is 11.8 Å². The minimum atomic E-state index is -0.00437. The Bertz CT molecular complexity index is 1240. The number of nitrogens with one attached hydrogen (secondary N) is 1. The van der Waals surface area contributed by atoms with Crippen molar-refractivity contribution in [1.82, 2.24) is 9.97 Å². The Morgan fingerprint density at radius 3 is 2.62 bits per heavy atom. The molecule has 1 aliphatic heterocycles. The maximum absolute atomic E-state index is 13.1. The van der Waals surface area contributed by atoms with Gasteiger partial charge >= 0.3 is 0 Å². The van der Waals surface area contributed by atoms with Crippen LogP contribution in [0.5, 0.6) is 0 Å². The molecule has 1 atom stereocenters. The number of nitrogens with zero attached hydrogens (tertiary/aromatic N) is 3. The number of Topliss-reactive ketones (excluding diaryl/α,β-unsaturated/α-hetero) is 1. The van der Waals surface area contributed by atoms with Gasteiger partial charge in [0.15, 0.2) is 5.78 Å². The molecular formula is C30H36N4O3. The summed E-state index contributed by atoms with van der Waals surface area (Å²) in [6.45, 7) is 7.79. The first-order chi connectivity index (χ1) is 17.9. The summed E-state index contributed by atoms with van der Waals surface area (Å²) in [5, 5.41) is 3.25. The number of carbonyl (C=O) groups is 2. The molecule has 3 aromatic rings. The van der Waals surface area contributed by atoms with Crippen LogP contribution in [0.25, 0.3) is 11.3 Å². The number of anilines is 3. The molecule has 7 nitrogen and oxygen atoms in total. The van der Waals surface area contributed by atoms with Gasteiger partial charge in [-0.1, -0.05) is 39.0 Å². The Kier molecular flexibility index (Phi) is 8.66. The third kappa shape index (κ3) is 6.41. The quantitative estimate of drug-likeness (QED) is 0.254. The molecule has 37 heavy (non-hydrogen) atoms. The molecule has 1 N–H and O–H groups in total. The molecule has 2 aromatic carbocycles. The maximum atomic E-state index is 13.1. The standard InChI is InChI=1S/C30H36N4O3/c1-5-21(9-8-16-37-19-20(2)3)29(36)22-12-14-24(15-13-22)32-30-31-18-23-17-27(35)34(4)26-11-7-6-10-25(26)28(23)33-30/h6-7,10-15,18,20-21H,5,8-9,16-17,19H2,1-4H3,(H,31,32,33). The number of ether oxygens (including phenoxy) is 1. The molecule has 0 fully saturated rings. The number of likely N-dealkylation sites (N-methyl/N-ethyl adjacent to an activating group) is 1.